The molecule has 2 saturated heterocycles. The van der Waals surface area contributed by atoms with E-state index in [9.17, 15) is 9.90 Å². The van der Waals surface area contributed by atoms with Gasteiger partial charge in [0.1, 0.15) is 12.4 Å². The molecule has 0 atom stereocenters. The van der Waals surface area contributed by atoms with Crippen LogP contribution in [0.2, 0.25) is 0 Å². The van der Waals surface area contributed by atoms with Gasteiger partial charge >= 0.3 is 5.97 Å². The number of ether oxygens (including phenoxy) is 2. The van der Waals surface area contributed by atoms with Crippen LogP contribution in [0.25, 0.3) is 11.3 Å². The van der Waals surface area contributed by atoms with Crippen LogP contribution in [0.5, 0.6) is 5.75 Å². The van der Waals surface area contributed by atoms with Crippen molar-refractivity contribution in [2.75, 3.05) is 57.4 Å². The highest BCUT2D eigenvalue weighted by Gasteiger charge is 2.29. The summed E-state index contributed by atoms with van der Waals surface area (Å²) in [6, 6.07) is 3.87. The van der Waals surface area contributed by atoms with Gasteiger partial charge in [0.15, 0.2) is 0 Å². The lowest BCUT2D eigenvalue weighted by molar-refractivity contribution is -0.136. The first kappa shape index (κ1) is 24.4. The van der Waals surface area contributed by atoms with Crippen LogP contribution in [-0.2, 0) is 16.0 Å². The van der Waals surface area contributed by atoms with Crippen molar-refractivity contribution in [3.8, 4) is 17.0 Å². The second-order valence-corrected chi connectivity index (χ2v) is 9.99. The zero-order chi connectivity index (χ0) is 24.1. The third-order valence-electron chi connectivity index (χ3n) is 6.92. The SMILES string of the molecule is Cc1ncc(-c2ccc(OCCN3CCOCC3)cn2)c(N2CCC(C)(C)CC2)c1CC(=O)O. The van der Waals surface area contributed by atoms with E-state index in [2.05, 4.69) is 33.6 Å². The van der Waals surface area contributed by atoms with Gasteiger partial charge in [-0.2, -0.15) is 0 Å². The van der Waals surface area contributed by atoms with Crippen molar-refractivity contribution in [3.63, 3.8) is 0 Å². The van der Waals surface area contributed by atoms with Crippen LogP contribution >= 0.6 is 0 Å². The molecule has 1 N–H and O–H groups in total. The molecule has 2 fully saturated rings. The van der Waals surface area contributed by atoms with E-state index in [4.69, 9.17) is 9.47 Å². The maximum absolute atomic E-state index is 11.7. The molecular weight excluding hydrogens is 432 g/mol. The molecule has 0 aromatic carbocycles. The molecule has 2 aromatic rings. The van der Waals surface area contributed by atoms with E-state index in [-0.39, 0.29) is 6.42 Å². The molecule has 0 amide bonds. The first-order valence-corrected chi connectivity index (χ1v) is 12.2. The molecular formula is C26H36N4O4. The number of aryl methyl sites for hydroxylation is 1. The smallest absolute Gasteiger partial charge is 0.307 e. The number of anilines is 1. The number of nitrogens with zero attached hydrogens (tertiary/aromatic N) is 4. The minimum Gasteiger partial charge on any atom is -0.491 e. The van der Waals surface area contributed by atoms with Crippen LogP contribution in [0.1, 0.15) is 37.9 Å². The Kier molecular flexibility index (Phi) is 7.68. The number of carbonyl (C=O) groups is 1. The van der Waals surface area contributed by atoms with Crippen LogP contribution in [0.4, 0.5) is 5.69 Å². The zero-order valence-electron chi connectivity index (χ0n) is 20.5. The summed E-state index contributed by atoms with van der Waals surface area (Å²) in [5.74, 6) is -0.123. The Morgan fingerprint density at radius 3 is 2.50 bits per heavy atom. The van der Waals surface area contributed by atoms with Gasteiger partial charge < -0.3 is 19.5 Å². The Labute approximate surface area is 201 Å². The third kappa shape index (κ3) is 6.04. The van der Waals surface area contributed by atoms with Gasteiger partial charge in [-0.05, 0) is 37.3 Å². The second-order valence-electron chi connectivity index (χ2n) is 9.99. The number of carboxylic acid groups (broad SMARTS) is 1. The molecule has 2 aliphatic heterocycles. The molecule has 0 spiro atoms. The van der Waals surface area contributed by atoms with Gasteiger partial charge in [-0.3, -0.25) is 19.7 Å². The normalized spacial score (nSPS) is 18.6. The molecule has 0 unspecified atom stereocenters. The lowest BCUT2D eigenvalue weighted by atomic mass is 9.82. The van der Waals surface area contributed by atoms with Crippen LogP contribution in [0, 0.1) is 12.3 Å². The summed E-state index contributed by atoms with van der Waals surface area (Å²) in [5.41, 5.74) is 4.44. The third-order valence-corrected chi connectivity index (χ3v) is 6.92. The van der Waals surface area contributed by atoms with Gasteiger partial charge in [-0.15, -0.1) is 0 Å². The minimum absolute atomic E-state index is 0.0510. The van der Waals surface area contributed by atoms with E-state index in [1.165, 1.54) is 0 Å². The number of carboxylic acids is 1. The molecule has 34 heavy (non-hydrogen) atoms. The van der Waals surface area contributed by atoms with Crippen molar-refractivity contribution < 1.29 is 19.4 Å². The van der Waals surface area contributed by atoms with E-state index >= 15 is 0 Å². The number of hydrogen-bond acceptors (Lipinski definition) is 7. The number of piperidine rings is 1. The Morgan fingerprint density at radius 2 is 1.85 bits per heavy atom. The van der Waals surface area contributed by atoms with Gasteiger partial charge in [0.05, 0.1) is 37.2 Å². The molecule has 0 saturated carbocycles. The van der Waals surface area contributed by atoms with Crippen molar-refractivity contribution in [1.82, 2.24) is 14.9 Å². The second kappa shape index (κ2) is 10.7. The molecule has 0 bridgehead atoms. The Hall–Kier alpha value is -2.71. The Bertz CT molecular complexity index is 977. The van der Waals surface area contributed by atoms with E-state index in [0.29, 0.717) is 12.0 Å². The zero-order valence-corrected chi connectivity index (χ0v) is 20.5. The Balaban J connectivity index is 1.54. The number of aliphatic carboxylic acids is 1. The van der Waals surface area contributed by atoms with E-state index in [1.54, 1.807) is 6.20 Å². The van der Waals surface area contributed by atoms with Crippen molar-refractivity contribution in [2.24, 2.45) is 5.41 Å². The summed E-state index contributed by atoms with van der Waals surface area (Å²) >= 11 is 0. The number of rotatable bonds is 8. The fourth-order valence-corrected chi connectivity index (χ4v) is 4.62. The first-order chi connectivity index (χ1) is 16.3. The van der Waals surface area contributed by atoms with Gasteiger partial charge in [-0.25, -0.2) is 0 Å². The van der Waals surface area contributed by atoms with Gasteiger partial charge in [0.2, 0.25) is 0 Å². The summed E-state index contributed by atoms with van der Waals surface area (Å²) in [6.45, 7) is 13.2. The largest absolute Gasteiger partial charge is 0.491 e. The molecule has 184 valence electrons. The molecule has 4 heterocycles. The van der Waals surface area contributed by atoms with Crippen LogP contribution in [0.15, 0.2) is 24.5 Å². The molecule has 2 aliphatic rings. The highest BCUT2D eigenvalue weighted by molar-refractivity contribution is 5.83. The van der Waals surface area contributed by atoms with Gasteiger partial charge in [-0.1, -0.05) is 13.8 Å². The predicted molar refractivity (Wildman–Crippen MR) is 132 cm³/mol. The fraction of sp³-hybridized carbons (Fsp3) is 0.577. The molecule has 8 heteroatoms. The average molecular weight is 469 g/mol. The Morgan fingerprint density at radius 1 is 1.12 bits per heavy atom. The van der Waals surface area contributed by atoms with Crippen LogP contribution in [-0.4, -0.2) is 78.5 Å². The molecule has 8 nitrogen and oxygen atoms in total. The van der Waals surface area contributed by atoms with Crippen LogP contribution < -0.4 is 9.64 Å². The monoisotopic (exact) mass is 468 g/mol. The molecule has 0 aliphatic carbocycles. The molecule has 0 radical (unpaired) electrons. The standard InChI is InChI=1S/C26H36N4O4/c1-19-21(16-24(31)32)25(30-8-6-26(2,3)7-9-30)22(18-27-19)23-5-4-20(17-28-23)34-15-12-29-10-13-33-14-11-29/h4-5,17-18H,6-16H2,1-3H3,(H,31,32). The maximum Gasteiger partial charge on any atom is 0.307 e. The van der Waals surface area contributed by atoms with Crippen molar-refractivity contribution in [3.05, 3.63) is 35.8 Å². The van der Waals surface area contributed by atoms with Crippen molar-refractivity contribution in [2.45, 2.75) is 40.0 Å². The molecule has 4 rings (SSSR count). The molecule has 2 aromatic heterocycles. The fourth-order valence-electron chi connectivity index (χ4n) is 4.62. The summed E-state index contributed by atoms with van der Waals surface area (Å²) < 4.78 is 11.3. The number of pyridine rings is 2. The highest BCUT2D eigenvalue weighted by Crippen LogP contribution is 2.39. The van der Waals surface area contributed by atoms with Crippen molar-refractivity contribution in [1.29, 1.82) is 0 Å². The predicted octanol–water partition coefficient (Wildman–Crippen LogP) is 3.42. The quantitative estimate of drug-likeness (QED) is 0.631. The highest BCUT2D eigenvalue weighted by atomic mass is 16.5. The average Bonchev–Trinajstić information content (AvgIpc) is 2.82. The number of aromatic nitrogens is 2. The minimum atomic E-state index is -0.849. The first-order valence-electron chi connectivity index (χ1n) is 12.2. The van der Waals surface area contributed by atoms with Crippen molar-refractivity contribution >= 4 is 11.7 Å². The van der Waals surface area contributed by atoms with Crippen LogP contribution in [0.3, 0.4) is 0 Å². The lowest BCUT2D eigenvalue weighted by Crippen LogP contribution is -2.38. The topological polar surface area (TPSA) is 88.0 Å². The van der Waals surface area contributed by atoms with E-state index < -0.39 is 5.97 Å². The lowest BCUT2D eigenvalue weighted by Gasteiger charge is -2.40. The summed E-state index contributed by atoms with van der Waals surface area (Å²) in [4.78, 5) is 25.5. The summed E-state index contributed by atoms with van der Waals surface area (Å²) in [7, 11) is 0. The van der Waals surface area contributed by atoms with E-state index in [0.717, 1.165) is 92.7 Å². The summed E-state index contributed by atoms with van der Waals surface area (Å²) in [5, 5.41) is 9.58. The summed E-state index contributed by atoms with van der Waals surface area (Å²) in [6.07, 6.45) is 5.64. The number of morpholine rings is 1. The maximum atomic E-state index is 11.7. The van der Waals surface area contributed by atoms with Gasteiger partial charge in [0.25, 0.3) is 0 Å². The van der Waals surface area contributed by atoms with E-state index in [1.807, 2.05) is 25.3 Å². The van der Waals surface area contributed by atoms with Gasteiger partial charge in [0, 0.05) is 55.7 Å². The number of hydrogen-bond donors (Lipinski definition) is 1.